The first-order valence-electron chi connectivity index (χ1n) is 6.33. The summed E-state index contributed by atoms with van der Waals surface area (Å²) in [7, 11) is -2.48. The summed E-state index contributed by atoms with van der Waals surface area (Å²) in [6, 6.07) is 6.47. The second kappa shape index (κ2) is 5.37. The lowest BCUT2D eigenvalue weighted by Gasteiger charge is -2.17. The zero-order valence-electron chi connectivity index (χ0n) is 12.6. The molecule has 0 fully saturated rings. The number of benzene rings is 1. The van der Waals surface area contributed by atoms with Crippen molar-refractivity contribution in [3.8, 4) is 5.75 Å². The van der Waals surface area contributed by atoms with Gasteiger partial charge in [-0.25, -0.2) is 0 Å². The Labute approximate surface area is 104 Å². The van der Waals surface area contributed by atoms with E-state index in [1.807, 2.05) is 20.8 Å². The van der Waals surface area contributed by atoms with Gasteiger partial charge in [0.05, 0.1) is 17.4 Å². The molecule has 4 heteroatoms. The van der Waals surface area contributed by atoms with E-state index >= 15 is 0 Å². The molecule has 0 aliphatic heterocycles. The highest BCUT2D eigenvalue weighted by atomic mass is 32.2. The fourth-order valence-corrected chi connectivity index (χ4v) is 1.46. The number of rotatable bonds is 3. The van der Waals surface area contributed by atoms with E-state index < -0.39 is 23.1 Å². The molecule has 0 amide bonds. The summed E-state index contributed by atoms with van der Waals surface area (Å²) in [5, 5.41) is 0. The van der Waals surface area contributed by atoms with E-state index in [2.05, 4.69) is 4.40 Å². The predicted octanol–water partition coefficient (Wildman–Crippen LogP) is 2.58. The third-order valence-corrected chi connectivity index (χ3v) is 3.14. The van der Waals surface area contributed by atoms with Crippen LogP contribution in [0.15, 0.2) is 28.7 Å². The fraction of sp³-hybridized carbons (Fsp3) is 0.417. The molecule has 0 bridgehead atoms. The molecule has 0 radical (unpaired) electrons. The molecule has 1 aromatic rings. The highest BCUT2D eigenvalue weighted by Gasteiger charge is 2.25. The summed E-state index contributed by atoms with van der Waals surface area (Å²) in [6.07, 6.45) is 1.45. The number of hydrogen-bond acceptors (Lipinski definition) is 3. The molecule has 1 unspecified atom stereocenters. The Kier molecular flexibility index (Phi) is 3.04. The van der Waals surface area contributed by atoms with Crippen LogP contribution in [0.2, 0.25) is 0 Å². The number of ether oxygens (including phenoxy) is 1. The summed E-state index contributed by atoms with van der Waals surface area (Å²) in [6.45, 7) is 5.48. The van der Waals surface area contributed by atoms with Crippen LogP contribution in [0, 0.1) is 0 Å². The summed E-state index contributed by atoms with van der Waals surface area (Å²) in [4.78, 5) is 0. The molecule has 1 aromatic carbocycles. The molecule has 3 nitrogen and oxygen atoms in total. The van der Waals surface area contributed by atoms with Crippen LogP contribution in [0.4, 0.5) is 0 Å². The lowest BCUT2D eigenvalue weighted by molar-refractivity contribution is 0.415. The summed E-state index contributed by atoms with van der Waals surface area (Å²) < 4.78 is 41.1. The molecule has 88 valence electrons. The van der Waals surface area contributed by atoms with Gasteiger partial charge in [0.25, 0.3) is 0 Å². The van der Waals surface area contributed by atoms with Crippen LogP contribution < -0.4 is 4.74 Å². The minimum absolute atomic E-state index is 0.227. The zero-order valence-corrected chi connectivity index (χ0v) is 10.4. The van der Waals surface area contributed by atoms with Gasteiger partial charge in [-0.15, -0.1) is 0 Å². The first kappa shape index (κ1) is 9.07. The molecule has 1 atom stereocenters. The van der Waals surface area contributed by atoms with Crippen LogP contribution in [0.5, 0.6) is 5.75 Å². The van der Waals surface area contributed by atoms with Crippen molar-refractivity contribution < 1.29 is 13.4 Å². The van der Waals surface area contributed by atoms with E-state index in [9.17, 15) is 4.55 Å². The minimum Gasteiger partial charge on any atom is -0.591 e. The topological polar surface area (TPSA) is 44.6 Å². The van der Waals surface area contributed by atoms with Gasteiger partial charge < -0.3 is 9.29 Å². The Hall–Kier alpha value is -1.00. The van der Waals surface area contributed by atoms with Gasteiger partial charge in [-0.05, 0) is 32.9 Å². The number of methoxy groups -OCH3 is 1. The first-order chi connectivity index (χ1) is 8.58. The SMILES string of the molecule is [2H]C([2H])([2H])Oc1cccc(C=N[S+]([O-])C(C)(C)C)c1. The van der Waals surface area contributed by atoms with Crippen LogP contribution in [-0.4, -0.2) is 22.6 Å². The van der Waals surface area contributed by atoms with Gasteiger partial charge in [0.15, 0.2) is 0 Å². The van der Waals surface area contributed by atoms with Crippen molar-refractivity contribution in [3.63, 3.8) is 0 Å². The van der Waals surface area contributed by atoms with E-state index in [1.54, 1.807) is 18.2 Å². The molecule has 0 saturated carbocycles. The molecular weight excluding hydrogens is 222 g/mol. The molecule has 16 heavy (non-hydrogen) atoms. The average Bonchev–Trinajstić information content (AvgIpc) is 2.22. The highest BCUT2D eigenvalue weighted by Crippen LogP contribution is 2.17. The monoisotopic (exact) mass is 242 g/mol. The number of hydrogen-bond donors (Lipinski definition) is 0. The Morgan fingerprint density at radius 3 is 2.88 bits per heavy atom. The maximum absolute atomic E-state index is 11.7. The molecule has 0 aromatic heterocycles. The zero-order chi connectivity index (χ0) is 14.7. The number of nitrogens with zero attached hydrogens (tertiary/aromatic N) is 1. The van der Waals surface area contributed by atoms with Crippen molar-refractivity contribution in [2.75, 3.05) is 7.04 Å². The normalized spacial score (nSPS) is 17.6. The molecule has 0 aliphatic rings. The van der Waals surface area contributed by atoms with E-state index in [0.717, 1.165) is 0 Å². The quantitative estimate of drug-likeness (QED) is 0.604. The Morgan fingerprint density at radius 2 is 2.25 bits per heavy atom. The van der Waals surface area contributed by atoms with Gasteiger partial charge in [-0.3, -0.25) is 0 Å². The molecule has 0 aliphatic carbocycles. The smallest absolute Gasteiger partial charge is 0.144 e. The van der Waals surface area contributed by atoms with Gasteiger partial charge in [0, 0.05) is 5.56 Å². The van der Waals surface area contributed by atoms with Crippen molar-refractivity contribution >= 4 is 17.6 Å². The maximum atomic E-state index is 11.7. The second-order valence-electron chi connectivity index (χ2n) is 4.27. The Bertz CT molecular complexity index is 455. The highest BCUT2D eigenvalue weighted by molar-refractivity contribution is 7.91. The van der Waals surface area contributed by atoms with Crippen LogP contribution in [-0.2, 0) is 11.4 Å². The third kappa shape index (κ3) is 3.87. The van der Waals surface area contributed by atoms with Crippen molar-refractivity contribution in [3.05, 3.63) is 29.8 Å². The van der Waals surface area contributed by atoms with E-state index in [-0.39, 0.29) is 5.75 Å². The van der Waals surface area contributed by atoms with Crippen molar-refractivity contribution in [2.24, 2.45) is 4.40 Å². The second-order valence-corrected chi connectivity index (χ2v) is 6.20. The van der Waals surface area contributed by atoms with Crippen LogP contribution in [0.3, 0.4) is 0 Å². The average molecular weight is 242 g/mol. The van der Waals surface area contributed by atoms with Gasteiger partial charge in [-0.1, -0.05) is 16.5 Å². The summed E-state index contributed by atoms with van der Waals surface area (Å²) in [5.41, 5.74) is 0.638. The van der Waals surface area contributed by atoms with Gasteiger partial charge >= 0.3 is 0 Å². The fourth-order valence-electron chi connectivity index (χ4n) is 0.925. The van der Waals surface area contributed by atoms with Gasteiger partial charge in [0.2, 0.25) is 0 Å². The van der Waals surface area contributed by atoms with Crippen LogP contribution in [0.1, 0.15) is 30.4 Å². The first-order valence-corrected chi connectivity index (χ1v) is 5.94. The summed E-state index contributed by atoms with van der Waals surface area (Å²) in [5.74, 6) is 0.227. The van der Waals surface area contributed by atoms with Crippen molar-refractivity contribution in [1.82, 2.24) is 0 Å². The lowest BCUT2D eigenvalue weighted by atomic mass is 10.2. The third-order valence-electron chi connectivity index (χ3n) is 1.80. The minimum atomic E-state index is -2.48. The standard InChI is InChI=1S/C12H17NO2S/c1-12(2,3)16(14)13-9-10-6-5-7-11(8-10)15-4/h5-9H,1-4H3/i4D3. The van der Waals surface area contributed by atoms with Crippen LogP contribution in [0.25, 0.3) is 0 Å². The largest absolute Gasteiger partial charge is 0.591 e. The Morgan fingerprint density at radius 1 is 1.50 bits per heavy atom. The molecule has 0 heterocycles. The van der Waals surface area contributed by atoms with Gasteiger partial charge in [0.1, 0.15) is 21.9 Å². The van der Waals surface area contributed by atoms with E-state index in [4.69, 9.17) is 8.85 Å². The Balaban J connectivity index is 2.80. The molecule has 0 N–H and O–H groups in total. The molecule has 0 spiro atoms. The van der Waals surface area contributed by atoms with Gasteiger partial charge in [-0.2, -0.15) is 0 Å². The van der Waals surface area contributed by atoms with Crippen molar-refractivity contribution in [2.45, 2.75) is 25.5 Å². The van der Waals surface area contributed by atoms with Crippen LogP contribution >= 0.6 is 0 Å². The maximum Gasteiger partial charge on any atom is 0.144 e. The van der Waals surface area contributed by atoms with E-state index in [0.29, 0.717) is 5.56 Å². The summed E-state index contributed by atoms with van der Waals surface area (Å²) >= 11 is -1.35. The molecule has 0 saturated heterocycles. The predicted molar refractivity (Wildman–Crippen MR) is 68.5 cm³/mol. The van der Waals surface area contributed by atoms with Crippen molar-refractivity contribution in [1.29, 1.82) is 0 Å². The van der Waals surface area contributed by atoms with E-state index in [1.165, 1.54) is 12.3 Å². The molecular formula is C12H17NO2S. The lowest BCUT2D eigenvalue weighted by Crippen LogP contribution is -2.25. The molecule has 1 rings (SSSR count).